The molecule has 0 fully saturated rings. The summed E-state index contributed by atoms with van der Waals surface area (Å²) in [6.45, 7) is 2.47. The molecule has 0 saturated heterocycles. The van der Waals surface area contributed by atoms with Crippen LogP contribution in [0.2, 0.25) is 0 Å². The first-order chi connectivity index (χ1) is 9.61. The fraction of sp³-hybridized carbons (Fsp3) is 0.188. The second-order valence-electron chi connectivity index (χ2n) is 4.45. The van der Waals surface area contributed by atoms with Crippen LogP contribution in [0.25, 0.3) is 0 Å². The average Bonchev–Trinajstić information content (AvgIpc) is 2.48. The van der Waals surface area contributed by atoms with E-state index in [0.29, 0.717) is 6.54 Å². The van der Waals surface area contributed by atoms with E-state index < -0.39 is 11.7 Å². The summed E-state index contributed by atoms with van der Waals surface area (Å²) in [6, 6.07) is 12.7. The second kappa shape index (κ2) is 6.66. The molecule has 2 nitrogen and oxygen atoms in total. The third-order valence-electron chi connectivity index (χ3n) is 3.08. The van der Waals surface area contributed by atoms with Crippen LogP contribution < -0.4 is 5.32 Å². The summed E-state index contributed by atoms with van der Waals surface area (Å²) < 4.78 is 14.1. The topological polar surface area (TPSA) is 29.1 Å². The summed E-state index contributed by atoms with van der Waals surface area (Å²) in [5, 5.41) is 2.72. The quantitative estimate of drug-likeness (QED) is 0.896. The second-order valence-corrected chi connectivity index (χ2v) is 5.31. The Morgan fingerprint density at radius 1 is 1.15 bits per heavy atom. The normalized spacial score (nSPS) is 10.3. The van der Waals surface area contributed by atoms with Gasteiger partial charge >= 0.3 is 0 Å². The summed E-state index contributed by atoms with van der Waals surface area (Å²) in [5.41, 5.74) is 2.29. The fourth-order valence-corrected chi connectivity index (χ4v) is 2.22. The first-order valence-electron chi connectivity index (χ1n) is 6.42. The van der Waals surface area contributed by atoms with Crippen molar-refractivity contribution in [3.05, 3.63) is 69.4 Å². The molecule has 0 aliphatic carbocycles. The molecular formula is C16H15BrFNO. The number of hydrogen-bond acceptors (Lipinski definition) is 1. The Labute approximate surface area is 126 Å². The van der Waals surface area contributed by atoms with Crippen molar-refractivity contribution in [3.63, 3.8) is 0 Å². The molecule has 0 atom stereocenters. The number of carbonyl (C=O) groups excluding carboxylic acids is 1. The Bertz CT molecular complexity index is 610. The van der Waals surface area contributed by atoms with Gasteiger partial charge in [-0.2, -0.15) is 0 Å². The van der Waals surface area contributed by atoms with Crippen molar-refractivity contribution < 1.29 is 9.18 Å². The van der Waals surface area contributed by atoms with Crippen LogP contribution in [-0.2, 0) is 13.0 Å². The summed E-state index contributed by atoms with van der Waals surface area (Å²) in [6.07, 6.45) is 0.982. The zero-order valence-corrected chi connectivity index (χ0v) is 12.7. The van der Waals surface area contributed by atoms with Gasteiger partial charge in [0, 0.05) is 6.54 Å². The average molecular weight is 336 g/mol. The lowest BCUT2D eigenvalue weighted by molar-refractivity contribution is 0.0946. The third-order valence-corrected chi connectivity index (χ3v) is 3.69. The summed E-state index contributed by atoms with van der Waals surface area (Å²) in [5.74, 6) is -0.949. The van der Waals surface area contributed by atoms with E-state index in [4.69, 9.17) is 0 Å². The van der Waals surface area contributed by atoms with Crippen LogP contribution in [0.1, 0.15) is 28.4 Å². The Kier molecular flexibility index (Phi) is 4.90. The van der Waals surface area contributed by atoms with Crippen LogP contribution in [0.3, 0.4) is 0 Å². The van der Waals surface area contributed by atoms with Crippen molar-refractivity contribution in [1.82, 2.24) is 5.32 Å². The minimum Gasteiger partial charge on any atom is -0.348 e. The molecule has 0 spiro atoms. The van der Waals surface area contributed by atoms with Gasteiger partial charge in [0.25, 0.3) is 5.91 Å². The third kappa shape index (κ3) is 3.45. The number of nitrogens with one attached hydrogen (secondary N) is 1. The maximum absolute atomic E-state index is 13.8. The van der Waals surface area contributed by atoms with E-state index in [1.807, 2.05) is 24.3 Å². The van der Waals surface area contributed by atoms with E-state index >= 15 is 0 Å². The van der Waals surface area contributed by atoms with E-state index in [1.54, 1.807) is 12.1 Å². The summed E-state index contributed by atoms with van der Waals surface area (Å²) in [4.78, 5) is 11.9. The number of benzene rings is 2. The summed E-state index contributed by atoms with van der Waals surface area (Å²) >= 11 is 3.07. The van der Waals surface area contributed by atoms with Gasteiger partial charge in [-0.3, -0.25) is 4.79 Å². The molecule has 0 saturated carbocycles. The Morgan fingerprint density at radius 2 is 1.80 bits per heavy atom. The molecule has 0 bridgehead atoms. The number of carbonyl (C=O) groups is 1. The monoisotopic (exact) mass is 335 g/mol. The first kappa shape index (κ1) is 14.7. The molecule has 20 heavy (non-hydrogen) atoms. The fourth-order valence-electron chi connectivity index (χ4n) is 1.85. The smallest absolute Gasteiger partial charge is 0.254 e. The molecular weight excluding hydrogens is 321 g/mol. The van der Waals surface area contributed by atoms with Gasteiger partial charge in [-0.25, -0.2) is 4.39 Å². The van der Waals surface area contributed by atoms with Gasteiger partial charge < -0.3 is 5.32 Å². The van der Waals surface area contributed by atoms with Gasteiger partial charge in [0.05, 0.1) is 10.0 Å². The molecule has 2 aromatic carbocycles. The Balaban J connectivity index is 2.02. The van der Waals surface area contributed by atoms with Crippen molar-refractivity contribution in [2.75, 3.05) is 0 Å². The highest BCUT2D eigenvalue weighted by molar-refractivity contribution is 9.10. The number of aryl methyl sites for hydroxylation is 1. The minimum absolute atomic E-state index is 0.0459. The molecule has 0 aliphatic heterocycles. The molecule has 4 heteroatoms. The maximum atomic E-state index is 13.8. The molecule has 2 aromatic rings. The zero-order valence-electron chi connectivity index (χ0n) is 11.1. The predicted molar refractivity (Wildman–Crippen MR) is 81.1 cm³/mol. The number of halogens is 2. The molecule has 0 radical (unpaired) electrons. The number of hydrogen-bond donors (Lipinski definition) is 1. The zero-order chi connectivity index (χ0) is 14.5. The lowest BCUT2D eigenvalue weighted by Crippen LogP contribution is -2.23. The molecule has 0 aliphatic rings. The standard InChI is InChI=1S/C16H15BrFNO/c1-2-11-6-8-12(9-7-11)10-19-16(20)13-4-3-5-14(17)15(13)18/h3-9H,2,10H2,1H3,(H,19,20). The largest absolute Gasteiger partial charge is 0.348 e. The van der Waals surface area contributed by atoms with Crippen LogP contribution >= 0.6 is 15.9 Å². The van der Waals surface area contributed by atoms with E-state index in [1.165, 1.54) is 11.6 Å². The molecule has 2 rings (SSSR count). The predicted octanol–water partition coefficient (Wildman–Crippen LogP) is 4.08. The maximum Gasteiger partial charge on any atom is 0.254 e. The highest BCUT2D eigenvalue weighted by Gasteiger charge is 2.13. The van der Waals surface area contributed by atoms with Gasteiger partial charge in [-0.1, -0.05) is 37.3 Å². The summed E-state index contributed by atoms with van der Waals surface area (Å²) in [7, 11) is 0. The van der Waals surface area contributed by atoms with Crippen molar-refractivity contribution in [2.45, 2.75) is 19.9 Å². The Hall–Kier alpha value is -1.68. The van der Waals surface area contributed by atoms with E-state index in [2.05, 4.69) is 28.2 Å². The minimum atomic E-state index is -0.536. The molecule has 0 unspecified atom stereocenters. The van der Waals surface area contributed by atoms with E-state index in [0.717, 1.165) is 12.0 Å². The Morgan fingerprint density at radius 3 is 2.45 bits per heavy atom. The molecule has 1 N–H and O–H groups in total. The lowest BCUT2D eigenvalue weighted by Gasteiger charge is -2.07. The van der Waals surface area contributed by atoms with Crippen LogP contribution in [0.15, 0.2) is 46.9 Å². The van der Waals surface area contributed by atoms with Crippen LogP contribution in [0, 0.1) is 5.82 Å². The van der Waals surface area contributed by atoms with Gasteiger partial charge in [-0.15, -0.1) is 0 Å². The number of rotatable bonds is 4. The van der Waals surface area contributed by atoms with Crippen molar-refractivity contribution >= 4 is 21.8 Å². The molecule has 1 amide bonds. The number of amides is 1. The van der Waals surface area contributed by atoms with Crippen molar-refractivity contribution in [1.29, 1.82) is 0 Å². The molecule has 0 aromatic heterocycles. The van der Waals surface area contributed by atoms with E-state index in [-0.39, 0.29) is 10.0 Å². The van der Waals surface area contributed by atoms with Gasteiger partial charge in [0.2, 0.25) is 0 Å². The van der Waals surface area contributed by atoms with Crippen LogP contribution in [0.4, 0.5) is 4.39 Å². The van der Waals surface area contributed by atoms with Gasteiger partial charge in [-0.05, 0) is 45.6 Å². The van der Waals surface area contributed by atoms with Crippen molar-refractivity contribution in [3.8, 4) is 0 Å². The van der Waals surface area contributed by atoms with E-state index in [9.17, 15) is 9.18 Å². The van der Waals surface area contributed by atoms with Gasteiger partial charge in [0.1, 0.15) is 5.82 Å². The first-order valence-corrected chi connectivity index (χ1v) is 7.21. The van der Waals surface area contributed by atoms with Gasteiger partial charge in [0.15, 0.2) is 0 Å². The lowest BCUT2D eigenvalue weighted by atomic mass is 10.1. The SMILES string of the molecule is CCc1ccc(CNC(=O)c2cccc(Br)c2F)cc1. The van der Waals surface area contributed by atoms with Crippen LogP contribution in [-0.4, -0.2) is 5.91 Å². The van der Waals surface area contributed by atoms with Crippen molar-refractivity contribution in [2.24, 2.45) is 0 Å². The molecule has 0 heterocycles. The highest BCUT2D eigenvalue weighted by Crippen LogP contribution is 2.18. The van der Waals surface area contributed by atoms with Crippen LogP contribution in [0.5, 0.6) is 0 Å². The molecule has 104 valence electrons. The highest BCUT2D eigenvalue weighted by atomic mass is 79.9.